The third-order valence-electron chi connectivity index (χ3n) is 10.9. The van der Waals surface area contributed by atoms with Gasteiger partial charge in [0.25, 0.3) is 0 Å². The molecule has 1 aromatic heterocycles. The number of hydrogen-bond donors (Lipinski definition) is 0. The van der Waals surface area contributed by atoms with E-state index in [4.69, 9.17) is 4.98 Å². The van der Waals surface area contributed by atoms with Crippen LogP contribution in [-0.2, 0) is 4.57 Å². The summed E-state index contributed by atoms with van der Waals surface area (Å²) >= 11 is 0. The standard InChI is InChI=1S/C53H37N2OP/c56-57(44-21-9-3-10-22-44,45-23-11-4-12-24-45)51-37-49-52(47-26-14-13-25-46(47)51)48-27-15-16-28-50(48)54-53(49)40-31-29-38(30-32-40)39-33-35-43(36-34-39)55(41-17-5-1-6-18-41)42-19-7-2-8-20-42/h1-37H. The lowest BCUT2D eigenvalue weighted by molar-refractivity contribution is 0.592. The average Bonchev–Trinajstić information content (AvgIpc) is 3.30. The van der Waals surface area contributed by atoms with Gasteiger partial charge in [0, 0.05) is 54.7 Å². The van der Waals surface area contributed by atoms with Crippen LogP contribution in [0.25, 0.3) is 54.8 Å². The van der Waals surface area contributed by atoms with Gasteiger partial charge in [-0.1, -0.05) is 176 Å². The van der Waals surface area contributed by atoms with Crippen LogP contribution in [-0.4, -0.2) is 4.98 Å². The molecule has 0 atom stereocenters. The second kappa shape index (κ2) is 14.5. The lowest BCUT2D eigenvalue weighted by atomic mass is 9.94. The van der Waals surface area contributed by atoms with Gasteiger partial charge in [-0.15, -0.1) is 0 Å². The Labute approximate surface area is 332 Å². The van der Waals surface area contributed by atoms with Gasteiger partial charge in [-0.25, -0.2) is 4.98 Å². The molecule has 270 valence electrons. The van der Waals surface area contributed by atoms with Crippen molar-refractivity contribution in [1.82, 2.24) is 4.98 Å². The third kappa shape index (κ3) is 6.10. The fraction of sp³-hybridized carbons (Fsp3) is 0. The van der Waals surface area contributed by atoms with Crippen molar-refractivity contribution in [1.29, 1.82) is 0 Å². The van der Waals surface area contributed by atoms with Crippen LogP contribution in [0.4, 0.5) is 17.1 Å². The molecular weight excluding hydrogens is 712 g/mol. The van der Waals surface area contributed by atoms with E-state index in [1.807, 2.05) is 78.9 Å². The molecule has 3 nitrogen and oxygen atoms in total. The van der Waals surface area contributed by atoms with Gasteiger partial charge in [0.1, 0.15) is 0 Å². The first kappa shape index (κ1) is 34.4. The maximum Gasteiger partial charge on any atom is 0.171 e. The van der Waals surface area contributed by atoms with E-state index in [-0.39, 0.29) is 0 Å². The quantitative estimate of drug-likeness (QED) is 0.115. The van der Waals surface area contributed by atoms with Crippen molar-refractivity contribution < 1.29 is 4.57 Å². The number of benzene rings is 9. The van der Waals surface area contributed by atoms with Crippen molar-refractivity contribution in [3.8, 4) is 22.4 Å². The average molecular weight is 749 g/mol. The largest absolute Gasteiger partial charge is 0.311 e. The monoisotopic (exact) mass is 748 g/mol. The van der Waals surface area contributed by atoms with Gasteiger partial charge >= 0.3 is 0 Å². The smallest absolute Gasteiger partial charge is 0.171 e. The van der Waals surface area contributed by atoms with E-state index >= 15 is 4.57 Å². The van der Waals surface area contributed by atoms with Gasteiger partial charge in [-0.2, -0.15) is 0 Å². The van der Waals surface area contributed by atoms with E-state index < -0.39 is 7.14 Å². The van der Waals surface area contributed by atoms with Crippen LogP contribution in [0, 0.1) is 0 Å². The Morgan fingerprint density at radius 3 is 1.35 bits per heavy atom. The van der Waals surface area contributed by atoms with Crippen molar-refractivity contribution in [3.63, 3.8) is 0 Å². The molecule has 0 radical (unpaired) electrons. The Morgan fingerprint density at radius 1 is 0.368 bits per heavy atom. The Hall–Kier alpha value is -7.06. The van der Waals surface area contributed by atoms with Crippen LogP contribution in [0.3, 0.4) is 0 Å². The number of pyridine rings is 1. The highest BCUT2D eigenvalue weighted by atomic mass is 31.2. The first-order chi connectivity index (χ1) is 28.2. The molecule has 4 heteroatoms. The van der Waals surface area contributed by atoms with E-state index in [2.05, 4.69) is 150 Å². The molecule has 0 amide bonds. The minimum Gasteiger partial charge on any atom is -0.311 e. The van der Waals surface area contributed by atoms with Crippen molar-refractivity contribution in [2.24, 2.45) is 0 Å². The molecule has 10 aromatic rings. The van der Waals surface area contributed by atoms with E-state index in [1.54, 1.807) is 0 Å². The molecule has 0 aliphatic heterocycles. The van der Waals surface area contributed by atoms with E-state index in [0.29, 0.717) is 0 Å². The van der Waals surface area contributed by atoms with Crippen LogP contribution in [0.5, 0.6) is 0 Å². The molecule has 0 saturated heterocycles. The van der Waals surface area contributed by atoms with Gasteiger partial charge < -0.3 is 9.46 Å². The Balaban J connectivity index is 1.12. The molecule has 1 heterocycles. The third-order valence-corrected chi connectivity index (χ3v) is 14.0. The summed E-state index contributed by atoms with van der Waals surface area (Å²) < 4.78 is 16.0. The van der Waals surface area contributed by atoms with Crippen LogP contribution in [0.15, 0.2) is 224 Å². The molecule has 0 fully saturated rings. The van der Waals surface area contributed by atoms with Gasteiger partial charge in [0.15, 0.2) is 7.14 Å². The Kier molecular flexibility index (Phi) is 8.79. The molecule has 57 heavy (non-hydrogen) atoms. The summed E-state index contributed by atoms with van der Waals surface area (Å²) in [7, 11) is -3.33. The zero-order chi connectivity index (χ0) is 38.2. The highest BCUT2D eigenvalue weighted by molar-refractivity contribution is 7.85. The molecule has 0 spiro atoms. The number of para-hydroxylation sites is 3. The maximum atomic E-state index is 16.0. The van der Waals surface area contributed by atoms with Crippen LogP contribution in [0.1, 0.15) is 0 Å². The second-order valence-corrected chi connectivity index (χ2v) is 17.0. The fourth-order valence-corrected chi connectivity index (χ4v) is 11.1. The van der Waals surface area contributed by atoms with Crippen molar-refractivity contribution >= 4 is 72.6 Å². The SMILES string of the molecule is O=P(c1ccccc1)(c1ccccc1)c1cc2c(-c3ccc(-c4ccc(N(c5ccccc5)c5ccccc5)cc4)cc3)nc3ccccc3c2c2ccccc12. The van der Waals surface area contributed by atoms with Crippen molar-refractivity contribution in [2.45, 2.75) is 0 Å². The number of aromatic nitrogens is 1. The lowest BCUT2D eigenvalue weighted by Gasteiger charge is -2.25. The highest BCUT2D eigenvalue weighted by Crippen LogP contribution is 2.47. The van der Waals surface area contributed by atoms with Gasteiger partial charge in [0.05, 0.1) is 11.2 Å². The van der Waals surface area contributed by atoms with Crippen LogP contribution in [0.2, 0.25) is 0 Å². The van der Waals surface area contributed by atoms with Crippen molar-refractivity contribution in [2.75, 3.05) is 4.90 Å². The normalized spacial score (nSPS) is 11.6. The predicted octanol–water partition coefficient (Wildman–Crippen LogP) is 13.0. The summed E-state index contributed by atoms with van der Waals surface area (Å²) in [5.41, 5.74) is 8.34. The molecule has 0 unspecified atom stereocenters. The zero-order valence-electron chi connectivity index (χ0n) is 31.1. The summed E-state index contributed by atoms with van der Waals surface area (Å²) in [6.45, 7) is 0. The Bertz CT molecular complexity index is 2980. The summed E-state index contributed by atoms with van der Waals surface area (Å²) in [4.78, 5) is 7.62. The summed E-state index contributed by atoms with van der Waals surface area (Å²) in [5, 5.41) is 7.65. The van der Waals surface area contributed by atoms with Gasteiger partial charge in [-0.05, 0) is 70.4 Å². The number of hydrogen-bond acceptors (Lipinski definition) is 3. The number of fused-ring (bicyclic) bond motifs is 5. The number of rotatable bonds is 8. The molecule has 9 aromatic carbocycles. The summed E-state index contributed by atoms with van der Waals surface area (Å²) in [6, 6.07) is 77.2. The molecule has 0 saturated carbocycles. The van der Waals surface area contributed by atoms with Crippen molar-refractivity contribution in [3.05, 3.63) is 224 Å². The molecule has 0 N–H and O–H groups in total. The molecule has 0 bridgehead atoms. The number of nitrogens with zero attached hydrogens (tertiary/aromatic N) is 2. The highest BCUT2D eigenvalue weighted by Gasteiger charge is 2.32. The zero-order valence-corrected chi connectivity index (χ0v) is 32.0. The molecular formula is C53H37N2OP. The molecule has 10 rings (SSSR count). The summed E-state index contributed by atoms with van der Waals surface area (Å²) in [5.74, 6) is 0. The van der Waals surface area contributed by atoms with Gasteiger partial charge in [-0.3, -0.25) is 0 Å². The second-order valence-electron chi connectivity index (χ2n) is 14.3. The fourth-order valence-electron chi connectivity index (χ4n) is 8.20. The predicted molar refractivity (Wildman–Crippen MR) is 242 cm³/mol. The van der Waals surface area contributed by atoms with E-state index in [0.717, 1.165) is 87.8 Å². The Morgan fingerprint density at radius 2 is 0.789 bits per heavy atom. The minimum absolute atomic E-state index is 0.807. The maximum absolute atomic E-state index is 16.0. The molecule has 0 aliphatic carbocycles. The van der Waals surface area contributed by atoms with Crippen LogP contribution < -0.4 is 20.8 Å². The first-order valence-corrected chi connectivity index (χ1v) is 20.9. The van der Waals surface area contributed by atoms with Gasteiger partial charge in [0.2, 0.25) is 0 Å². The number of anilines is 3. The van der Waals surface area contributed by atoms with Crippen LogP contribution >= 0.6 is 7.14 Å². The molecule has 0 aliphatic rings. The topological polar surface area (TPSA) is 33.2 Å². The van der Waals surface area contributed by atoms with E-state index in [1.165, 1.54) is 0 Å². The minimum atomic E-state index is -3.33. The summed E-state index contributed by atoms with van der Waals surface area (Å²) in [6.07, 6.45) is 0. The first-order valence-electron chi connectivity index (χ1n) is 19.2. The van der Waals surface area contributed by atoms with E-state index in [9.17, 15) is 0 Å². The lowest BCUT2D eigenvalue weighted by Crippen LogP contribution is -2.25.